The van der Waals surface area contributed by atoms with Gasteiger partial charge in [0, 0.05) is 35.1 Å². The van der Waals surface area contributed by atoms with Crippen LogP contribution in [-0.4, -0.2) is 21.8 Å². The molecule has 1 aromatic heterocycles. The number of hydrogen-bond acceptors (Lipinski definition) is 4. The molecule has 168 valence electrons. The van der Waals surface area contributed by atoms with Gasteiger partial charge in [-0.2, -0.15) is 0 Å². The van der Waals surface area contributed by atoms with Crippen LogP contribution in [0.1, 0.15) is 31.1 Å². The van der Waals surface area contributed by atoms with Gasteiger partial charge in [0.15, 0.2) is 0 Å². The Labute approximate surface area is 192 Å². The van der Waals surface area contributed by atoms with Gasteiger partial charge < -0.3 is 20.9 Å². The largest absolute Gasteiger partial charge is 0.362 e. The van der Waals surface area contributed by atoms with E-state index in [1.54, 1.807) is 30.5 Å². The second kappa shape index (κ2) is 10.8. The molecule has 0 bridgehead atoms. The van der Waals surface area contributed by atoms with Gasteiger partial charge in [-0.25, -0.2) is 4.98 Å². The first kappa shape index (κ1) is 23.3. The maximum atomic E-state index is 12.6. The Hall–Kier alpha value is -4.39. The molecule has 2 amide bonds. The molecule has 4 N–H and O–H groups in total. The number of amides is 2. The van der Waals surface area contributed by atoms with Gasteiger partial charge >= 0.3 is 0 Å². The predicted octanol–water partition coefficient (Wildman–Crippen LogP) is 6.02. The molecule has 0 aliphatic carbocycles. The standard InChI is InChI=1S/C24H21N5O2.C2H6/c1-3-25-18-8-4-16(5-9-18)23-28-21-13-12-20(14-22(21)29-23)27-24(31)17-6-10-19(11-7-17)26-15(2)30;1-2/h3-14,25H,1H2,2H3,(H,26,30)(H,27,31)(H,28,29);1-2H3. The molecular formula is C26H27N5O2. The van der Waals surface area contributed by atoms with Crippen LogP contribution in [-0.2, 0) is 4.79 Å². The molecule has 0 aliphatic heterocycles. The Morgan fingerprint density at radius 1 is 0.879 bits per heavy atom. The van der Waals surface area contributed by atoms with Crippen LogP contribution in [0.4, 0.5) is 17.1 Å². The van der Waals surface area contributed by atoms with Crippen LogP contribution in [0.5, 0.6) is 0 Å². The molecule has 0 unspecified atom stereocenters. The fourth-order valence-corrected chi connectivity index (χ4v) is 3.18. The number of fused-ring (bicyclic) bond motifs is 1. The van der Waals surface area contributed by atoms with Crippen molar-refractivity contribution < 1.29 is 9.59 Å². The lowest BCUT2D eigenvalue weighted by Crippen LogP contribution is -2.12. The molecule has 0 saturated heterocycles. The molecule has 7 heteroatoms. The first-order valence-electron chi connectivity index (χ1n) is 10.7. The number of carbonyl (C=O) groups is 2. The molecule has 0 aliphatic rings. The van der Waals surface area contributed by atoms with Crippen molar-refractivity contribution in [2.45, 2.75) is 20.8 Å². The summed E-state index contributed by atoms with van der Waals surface area (Å²) in [5, 5.41) is 8.60. The number of imidazole rings is 1. The van der Waals surface area contributed by atoms with E-state index in [2.05, 4.69) is 32.5 Å². The van der Waals surface area contributed by atoms with E-state index in [4.69, 9.17) is 0 Å². The van der Waals surface area contributed by atoms with E-state index in [-0.39, 0.29) is 11.8 Å². The number of rotatable bonds is 6. The number of nitrogens with zero attached hydrogens (tertiary/aromatic N) is 1. The minimum absolute atomic E-state index is 0.159. The number of aromatic nitrogens is 2. The molecule has 7 nitrogen and oxygen atoms in total. The van der Waals surface area contributed by atoms with Gasteiger partial charge in [0.1, 0.15) is 5.82 Å². The maximum Gasteiger partial charge on any atom is 0.255 e. The zero-order chi connectivity index (χ0) is 23.8. The quantitative estimate of drug-likeness (QED) is 0.294. The summed E-state index contributed by atoms with van der Waals surface area (Å²) in [6.45, 7) is 9.09. The lowest BCUT2D eigenvalue weighted by Gasteiger charge is -2.07. The lowest BCUT2D eigenvalue weighted by atomic mass is 10.2. The highest BCUT2D eigenvalue weighted by atomic mass is 16.2. The normalized spacial score (nSPS) is 10.0. The summed E-state index contributed by atoms with van der Waals surface area (Å²) in [4.78, 5) is 31.6. The fraction of sp³-hybridized carbons (Fsp3) is 0.115. The van der Waals surface area contributed by atoms with Crippen molar-refractivity contribution in [1.29, 1.82) is 0 Å². The summed E-state index contributed by atoms with van der Waals surface area (Å²) in [5.41, 5.74) is 5.32. The molecule has 33 heavy (non-hydrogen) atoms. The number of aromatic amines is 1. The number of anilines is 3. The smallest absolute Gasteiger partial charge is 0.255 e. The highest BCUT2D eigenvalue weighted by molar-refractivity contribution is 6.05. The third-order valence-corrected chi connectivity index (χ3v) is 4.63. The molecule has 0 saturated carbocycles. The SMILES string of the molecule is C=CNc1ccc(-c2nc3ccc(NC(=O)c4ccc(NC(C)=O)cc4)cc3[nH]2)cc1.CC. The van der Waals surface area contributed by atoms with Gasteiger partial charge in [-0.05, 0) is 72.9 Å². The molecule has 0 fully saturated rings. The number of hydrogen-bond donors (Lipinski definition) is 4. The number of benzene rings is 3. The van der Waals surface area contributed by atoms with Crippen LogP contribution in [0, 0.1) is 0 Å². The van der Waals surface area contributed by atoms with Crippen molar-refractivity contribution >= 4 is 39.9 Å². The van der Waals surface area contributed by atoms with E-state index in [1.807, 2.05) is 56.3 Å². The summed E-state index contributed by atoms with van der Waals surface area (Å²) in [6.07, 6.45) is 1.63. The van der Waals surface area contributed by atoms with Crippen LogP contribution in [0.15, 0.2) is 79.5 Å². The van der Waals surface area contributed by atoms with Gasteiger partial charge in [0.2, 0.25) is 5.91 Å². The number of H-pyrrole nitrogens is 1. The monoisotopic (exact) mass is 441 g/mol. The van der Waals surface area contributed by atoms with Crippen molar-refractivity contribution in [3.8, 4) is 11.4 Å². The third-order valence-electron chi connectivity index (χ3n) is 4.63. The van der Waals surface area contributed by atoms with E-state index < -0.39 is 0 Å². The lowest BCUT2D eigenvalue weighted by molar-refractivity contribution is -0.114. The minimum Gasteiger partial charge on any atom is -0.362 e. The first-order chi connectivity index (χ1) is 16.0. The van der Waals surface area contributed by atoms with Crippen molar-refractivity contribution in [3.63, 3.8) is 0 Å². The summed E-state index contributed by atoms with van der Waals surface area (Å²) >= 11 is 0. The molecule has 0 atom stereocenters. The second-order valence-electron chi connectivity index (χ2n) is 6.96. The summed E-state index contributed by atoms with van der Waals surface area (Å²) in [6, 6.07) is 20.1. The Bertz CT molecular complexity index is 1260. The predicted molar refractivity (Wildman–Crippen MR) is 135 cm³/mol. The van der Waals surface area contributed by atoms with Gasteiger partial charge in [0.05, 0.1) is 11.0 Å². The van der Waals surface area contributed by atoms with E-state index in [0.29, 0.717) is 16.9 Å². The molecule has 1 heterocycles. The fourth-order valence-electron chi connectivity index (χ4n) is 3.18. The Morgan fingerprint density at radius 3 is 2.15 bits per heavy atom. The highest BCUT2D eigenvalue weighted by Crippen LogP contribution is 2.24. The maximum absolute atomic E-state index is 12.6. The van der Waals surface area contributed by atoms with Crippen LogP contribution < -0.4 is 16.0 Å². The molecule has 0 radical (unpaired) electrons. The van der Waals surface area contributed by atoms with Crippen LogP contribution >= 0.6 is 0 Å². The molecule has 4 aromatic rings. The molecular weight excluding hydrogens is 414 g/mol. The van der Waals surface area contributed by atoms with Crippen LogP contribution in [0.25, 0.3) is 22.4 Å². The van der Waals surface area contributed by atoms with E-state index in [9.17, 15) is 9.59 Å². The Balaban J connectivity index is 0.00000149. The zero-order valence-electron chi connectivity index (χ0n) is 18.9. The zero-order valence-corrected chi connectivity index (χ0v) is 18.9. The van der Waals surface area contributed by atoms with Gasteiger partial charge in [-0.15, -0.1) is 0 Å². The second-order valence-corrected chi connectivity index (χ2v) is 6.96. The Morgan fingerprint density at radius 2 is 1.52 bits per heavy atom. The van der Waals surface area contributed by atoms with Gasteiger partial charge in [-0.1, -0.05) is 20.4 Å². The first-order valence-corrected chi connectivity index (χ1v) is 10.7. The highest BCUT2D eigenvalue weighted by Gasteiger charge is 2.10. The molecule has 3 aromatic carbocycles. The van der Waals surface area contributed by atoms with E-state index >= 15 is 0 Å². The minimum atomic E-state index is -0.237. The molecule has 0 spiro atoms. The summed E-state index contributed by atoms with van der Waals surface area (Å²) in [7, 11) is 0. The van der Waals surface area contributed by atoms with E-state index in [1.165, 1.54) is 6.92 Å². The van der Waals surface area contributed by atoms with Gasteiger partial charge in [0.25, 0.3) is 5.91 Å². The van der Waals surface area contributed by atoms with Crippen molar-refractivity contribution in [1.82, 2.24) is 9.97 Å². The van der Waals surface area contributed by atoms with Crippen LogP contribution in [0.2, 0.25) is 0 Å². The summed E-state index contributed by atoms with van der Waals surface area (Å²) < 4.78 is 0. The topological polar surface area (TPSA) is 98.9 Å². The average molecular weight is 442 g/mol. The van der Waals surface area contributed by atoms with Crippen molar-refractivity contribution in [2.24, 2.45) is 0 Å². The van der Waals surface area contributed by atoms with Crippen LogP contribution in [0.3, 0.4) is 0 Å². The van der Waals surface area contributed by atoms with Gasteiger partial charge in [-0.3, -0.25) is 9.59 Å². The van der Waals surface area contributed by atoms with E-state index in [0.717, 1.165) is 28.1 Å². The molecule has 4 rings (SSSR count). The van der Waals surface area contributed by atoms with Crippen molar-refractivity contribution in [2.75, 3.05) is 16.0 Å². The average Bonchev–Trinajstić information content (AvgIpc) is 3.24. The Kier molecular flexibility index (Phi) is 7.60. The number of nitrogens with one attached hydrogen (secondary N) is 4. The number of carbonyl (C=O) groups excluding carboxylic acids is 2. The third kappa shape index (κ3) is 5.86. The van der Waals surface area contributed by atoms with Crippen molar-refractivity contribution in [3.05, 3.63) is 85.1 Å². The summed E-state index contributed by atoms with van der Waals surface area (Å²) in [5.74, 6) is 0.352.